The molecule has 0 unspecified atom stereocenters. The Bertz CT molecular complexity index is 804. The number of benzene rings is 3. The highest BCUT2D eigenvalue weighted by atomic mass is 14.9. The summed E-state index contributed by atoms with van der Waals surface area (Å²) in [7, 11) is 0. The van der Waals surface area contributed by atoms with Crippen LogP contribution < -0.4 is 5.32 Å². The lowest BCUT2D eigenvalue weighted by atomic mass is 9.90. The van der Waals surface area contributed by atoms with Crippen molar-refractivity contribution < 1.29 is 0 Å². The minimum atomic E-state index is 0.330. The zero-order chi connectivity index (χ0) is 16.2. The van der Waals surface area contributed by atoms with E-state index in [1.807, 2.05) is 0 Å². The predicted molar refractivity (Wildman–Crippen MR) is 101 cm³/mol. The van der Waals surface area contributed by atoms with Crippen molar-refractivity contribution >= 4 is 10.8 Å². The third-order valence-electron chi connectivity index (χ3n) is 4.43. The summed E-state index contributed by atoms with van der Waals surface area (Å²) in [5, 5.41) is 6.32. The molecule has 1 N–H and O–H groups in total. The second kappa shape index (κ2) is 6.97. The molecule has 0 radical (unpaired) electrons. The average Bonchev–Trinajstić information content (AvgIpc) is 2.58. The molecular formula is C22H25N. The molecule has 1 heteroatoms. The normalized spacial score (nSPS) is 12.5. The Morgan fingerprint density at radius 3 is 2.57 bits per heavy atom. The van der Waals surface area contributed by atoms with Gasteiger partial charge in [-0.05, 0) is 54.3 Å². The van der Waals surface area contributed by atoms with E-state index < -0.39 is 0 Å². The summed E-state index contributed by atoms with van der Waals surface area (Å²) in [5.74, 6) is 0. The van der Waals surface area contributed by atoms with Crippen LogP contribution in [-0.4, -0.2) is 6.54 Å². The van der Waals surface area contributed by atoms with Crippen LogP contribution >= 0.6 is 0 Å². The summed E-state index contributed by atoms with van der Waals surface area (Å²) in [6, 6.07) is 22.3. The van der Waals surface area contributed by atoms with Gasteiger partial charge in [-0.2, -0.15) is 0 Å². The molecule has 1 nitrogen and oxygen atoms in total. The molecule has 3 rings (SSSR count). The third kappa shape index (κ3) is 3.30. The summed E-state index contributed by atoms with van der Waals surface area (Å²) in [5.41, 5.74) is 5.34. The van der Waals surface area contributed by atoms with Crippen LogP contribution in [-0.2, 0) is 0 Å². The van der Waals surface area contributed by atoms with Gasteiger partial charge in [-0.25, -0.2) is 0 Å². The van der Waals surface area contributed by atoms with Crippen LogP contribution in [0, 0.1) is 6.92 Å². The zero-order valence-corrected chi connectivity index (χ0v) is 14.3. The SMILES string of the molecule is CCCN[C@H](C)c1c(-c2cccc(C)c2)ccc2ccccc12. The lowest BCUT2D eigenvalue weighted by molar-refractivity contribution is 0.575. The number of hydrogen-bond donors (Lipinski definition) is 1. The van der Waals surface area contributed by atoms with Crippen LogP contribution in [0.1, 0.15) is 37.4 Å². The maximum Gasteiger partial charge on any atom is 0.0304 e. The molecular weight excluding hydrogens is 278 g/mol. The van der Waals surface area contributed by atoms with E-state index in [0.717, 1.165) is 13.0 Å². The van der Waals surface area contributed by atoms with E-state index in [1.54, 1.807) is 0 Å². The van der Waals surface area contributed by atoms with Crippen molar-refractivity contribution in [1.29, 1.82) is 0 Å². The lowest BCUT2D eigenvalue weighted by Gasteiger charge is -2.21. The lowest BCUT2D eigenvalue weighted by Crippen LogP contribution is -2.20. The Kier molecular flexibility index (Phi) is 4.78. The molecule has 0 amide bonds. The van der Waals surface area contributed by atoms with E-state index in [9.17, 15) is 0 Å². The summed E-state index contributed by atoms with van der Waals surface area (Å²) in [6.07, 6.45) is 1.15. The molecule has 0 spiro atoms. The molecule has 0 bridgehead atoms. The van der Waals surface area contributed by atoms with Gasteiger partial charge in [0.05, 0.1) is 0 Å². The average molecular weight is 303 g/mol. The van der Waals surface area contributed by atoms with Crippen LogP contribution in [0.5, 0.6) is 0 Å². The number of nitrogens with one attached hydrogen (secondary N) is 1. The van der Waals surface area contributed by atoms with Crippen molar-refractivity contribution in [3.05, 3.63) is 71.8 Å². The third-order valence-corrected chi connectivity index (χ3v) is 4.43. The van der Waals surface area contributed by atoms with Gasteiger partial charge in [0.15, 0.2) is 0 Å². The molecule has 0 aliphatic rings. The molecule has 3 aromatic carbocycles. The van der Waals surface area contributed by atoms with Gasteiger partial charge in [0.2, 0.25) is 0 Å². The van der Waals surface area contributed by atoms with Crippen LogP contribution in [0.4, 0.5) is 0 Å². The quantitative estimate of drug-likeness (QED) is 0.621. The van der Waals surface area contributed by atoms with Crippen LogP contribution in [0.15, 0.2) is 60.7 Å². The molecule has 0 heterocycles. The molecule has 0 aromatic heterocycles. The van der Waals surface area contributed by atoms with Crippen molar-refractivity contribution in [3.63, 3.8) is 0 Å². The van der Waals surface area contributed by atoms with Gasteiger partial charge in [-0.3, -0.25) is 0 Å². The number of rotatable bonds is 5. The molecule has 0 saturated carbocycles. The molecule has 0 aliphatic heterocycles. The fourth-order valence-electron chi connectivity index (χ4n) is 3.29. The van der Waals surface area contributed by atoms with Crippen LogP contribution in [0.2, 0.25) is 0 Å². The molecule has 1 atom stereocenters. The van der Waals surface area contributed by atoms with Gasteiger partial charge < -0.3 is 5.32 Å². The number of fused-ring (bicyclic) bond motifs is 1. The number of aryl methyl sites for hydroxylation is 1. The van der Waals surface area contributed by atoms with Gasteiger partial charge in [0, 0.05) is 6.04 Å². The standard InChI is InChI=1S/C22H25N/c1-4-14-23-17(3)22-20-11-6-5-9-18(20)12-13-21(22)19-10-7-8-16(2)15-19/h5-13,15,17,23H,4,14H2,1-3H3/t17-/m1/s1. The topological polar surface area (TPSA) is 12.0 Å². The second-order valence-corrected chi connectivity index (χ2v) is 6.29. The molecule has 118 valence electrons. The second-order valence-electron chi connectivity index (χ2n) is 6.29. The smallest absolute Gasteiger partial charge is 0.0304 e. The summed E-state index contributed by atoms with van der Waals surface area (Å²) in [6.45, 7) is 7.68. The first kappa shape index (κ1) is 15.8. The predicted octanol–water partition coefficient (Wildman–Crippen LogP) is 5.88. The van der Waals surface area contributed by atoms with Crippen molar-refractivity contribution in [3.8, 4) is 11.1 Å². The van der Waals surface area contributed by atoms with Gasteiger partial charge in [-0.15, -0.1) is 0 Å². The van der Waals surface area contributed by atoms with E-state index >= 15 is 0 Å². The molecule has 0 fully saturated rings. The Labute approximate surface area is 139 Å². The summed E-state index contributed by atoms with van der Waals surface area (Å²) in [4.78, 5) is 0. The maximum absolute atomic E-state index is 3.67. The Morgan fingerprint density at radius 2 is 1.78 bits per heavy atom. The Balaban J connectivity index is 2.20. The molecule has 0 saturated heterocycles. The highest BCUT2D eigenvalue weighted by Crippen LogP contribution is 2.34. The Morgan fingerprint density at radius 1 is 0.957 bits per heavy atom. The Hall–Kier alpha value is -2.12. The van der Waals surface area contributed by atoms with E-state index in [-0.39, 0.29) is 0 Å². The van der Waals surface area contributed by atoms with Crippen LogP contribution in [0.25, 0.3) is 21.9 Å². The van der Waals surface area contributed by atoms with E-state index in [2.05, 4.69) is 86.8 Å². The highest BCUT2D eigenvalue weighted by Gasteiger charge is 2.15. The summed E-state index contributed by atoms with van der Waals surface area (Å²) < 4.78 is 0. The fourth-order valence-corrected chi connectivity index (χ4v) is 3.29. The zero-order valence-electron chi connectivity index (χ0n) is 14.3. The number of hydrogen-bond acceptors (Lipinski definition) is 1. The molecule has 0 aliphatic carbocycles. The van der Waals surface area contributed by atoms with Gasteiger partial charge >= 0.3 is 0 Å². The highest BCUT2D eigenvalue weighted by molar-refractivity contribution is 5.92. The van der Waals surface area contributed by atoms with Crippen molar-refractivity contribution in [2.75, 3.05) is 6.54 Å². The van der Waals surface area contributed by atoms with Gasteiger partial charge in [-0.1, -0.05) is 73.2 Å². The first-order chi connectivity index (χ1) is 11.2. The summed E-state index contributed by atoms with van der Waals surface area (Å²) >= 11 is 0. The van der Waals surface area contributed by atoms with Gasteiger partial charge in [0.25, 0.3) is 0 Å². The van der Waals surface area contributed by atoms with Crippen LogP contribution in [0.3, 0.4) is 0 Å². The van der Waals surface area contributed by atoms with Crippen molar-refractivity contribution in [1.82, 2.24) is 5.32 Å². The molecule has 23 heavy (non-hydrogen) atoms. The monoisotopic (exact) mass is 303 g/mol. The first-order valence-corrected chi connectivity index (χ1v) is 8.52. The minimum absolute atomic E-state index is 0.330. The van der Waals surface area contributed by atoms with Gasteiger partial charge in [0.1, 0.15) is 0 Å². The van der Waals surface area contributed by atoms with E-state index in [0.29, 0.717) is 6.04 Å². The largest absolute Gasteiger partial charge is 0.310 e. The van der Waals surface area contributed by atoms with Crippen molar-refractivity contribution in [2.45, 2.75) is 33.2 Å². The molecule has 3 aromatic rings. The van der Waals surface area contributed by atoms with E-state index in [1.165, 1.54) is 33.0 Å². The van der Waals surface area contributed by atoms with E-state index in [4.69, 9.17) is 0 Å². The first-order valence-electron chi connectivity index (χ1n) is 8.52. The van der Waals surface area contributed by atoms with Crippen molar-refractivity contribution in [2.24, 2.45) is 0 Å². The minimum Gasteiger partial charge on any atom is -0.310 e. The maximum atomic E-state index is 3.67. The fraction of sp³-hybridized carbons (Fsp3) is 0.273.